The minimum absolute atomic E-state index is 0.0156. The second kappa shape index (κ2) is 7.92. The number of morpholine rings is 1. The number of benzene rings is 1. The van der Waals surface area contributed by atoms with Crippen molar-refractivity contribution in [2.24, 2.45) is 5.41 Å². The molecule has 31 heavy (non-hydrogen) atoms. The molecule has 0 radical (unpaired) electrons. The summed E-state index contributed by atoms with van der Waals surface area (Å²) in [7, 11) is 0. The Bertz CT molecular complexity index is 1000. The second-order valence-electron chi connectivity index (χ2n) is 9.18. The zero-order valence-electron chi connectivity index (χ0n) is 18.1. The van der Waals surface area contributed by atoms with E-state index in [1.54, 1.807) is 17.0 Å². The fourth-order valence-electron chi connectivity index (χ4n) is 4.78. The molecule has 1 aliphatic carbocycles. The van der Waals surface area contributed by atoms with Crippen LogP contribution in [0.15, 0.2) is 46.8 Å². The fourth-order valence-corrected chi connectivity index (χ4v) is 4.78. The number of carbonyl (C=O) groups is 2. The minimum atomic E-state index is -0.545. The summed E-state index contributed by atoms with van der Waals surface area (Å²) in [6.45, 7) is 7.94. The highest BCUT2D eigenvalue weighted by Gasteiger charge is 2.43. The molecule has 1 aromatic carbocycles. The predicted molar refractivity (Wildman–Crippen MR) is 114 cm³/mol. The Labute approximate surface area is 181 Å². The first-order chi connectivity index (χ1) is 14.7. The highest BCUT2D eigenvalue weighted by atomic mass is 16.6. The van der Waals surface area contributed by atoms with Gasteiger partial charge in [0, 0.05) is 60.1 Å². The van der Waals surface area contributed by atoms with Crippen molar-refractivity contribution in [1.82, 2.24) is 10.2 Å². The maximum absolute atomic E-state index is 13.6. The zero-order valence-corrected chi connectivity index (χ0v) is 18.1. The Morgan fingerprint density at radius 1 is 1.19 bits per heavy atom. The number of dihydropyridines is 1. The number of nitro groups is 1. The van der Waals surface area contributed by atoms with Crippen LogP contribution in [0.5, 0.6) is 0 Å². The molecule has 164 valence electrons. The van der Waals surface area contributed by atoms with E-state index in [0.29, 0.717) is 55.9 Å². The van der Waals surface area contributed by atoms with Crippen molar-refractivity contribution in [3.05, 3.63) is 62.5 Å². The SMILES string of the molecule is CC1=C(C(=O)N2CCOCC2)[C@H](c2ccc([N+](=O)[O-])cc2)C2=C(CC(C)(C)CC2=O)N1. The van der Waals surface area contributed by atoms with Gasteiger partial charge in [-0.2, -0.15) is 0 Å². The highest BCUT2D eigenvalue weighted by Crippen LogP contribution is 2.47. The van der Waals surface area contributed by atoms with Crippen molar-refractivity contribution >= 4 is 17.4 Å². The summed E-state index contributed by atoms with van der Waals surface area (Å²) in [5.74, 6) is -0.654. The number of ketones is 1. The van der Waals surface area contributed by atoms with E-state index in [-0.39, 0.29) is 22.8 Å². The smallest absolute Gasteiger partial charge is 0.269 e. The molecule has 2 heterocycles. The second-order valence-corrected chi connectivity index (χ2v) is 9.18. The van der Waals surface area contributed by atoms with Crippen LogP contribution >= 0.6 is 0 Å². The van der Waals surface area contributed by atoms with Crippen LogP contribution in [0.25, 0.3) is 0 Å². The number of nitrogens with zero attached hydrogens (tertiary/aromatic N) is 2. The quantitative estimate of drug-likeness (QED) is 0.590. The van der Waals surface area contributed by atoms with Gasteiger partial charge in [0.1, 0.15) is 0 Å². The van der Waals surface area contributed by atoms with Crippen LogP contribution in [0.2, 0.25) is 0 Å². The van der Waals surface area contributed by atoms with Gasteiger partial charge in [0.25, 0.3) is 11.6 Å². The number of ether oxygens (including phenoxy) is 1. The molecular weight excluding hydrogens is 398 g/mol. The molecule has 1 saturated heterocycles. The Hall–Kier alpha value is -3.00. The molecule has 1 amide bonds. The third-order valence-electron chi connectivity index (χ3n) is 6.21. The first-order valence-electron chi connectivity index (χ1n) is 10.5. The van der Waals surface area contributed by atoms with Gasteiger partial charge in [-0.3, -0.25) is 19.7 Å². The molecule has 0 unspecified atom stereocenters. The fraction of sp³-hybridized carbons (Fsp3) is 0.478. The number of allylic oxidation sites excluding steroid dienone is 3. The number of Topliss-reactive ketones (excluding diaryl/α,β-unsaturated/α-hetero) is 1. The average Bonchev–Trinajstić information content (AvgIpc) is 2.72. The van der Waals surface area contributed by atoms with Crippen molar-refractivity contribution in [3.8, 4) is 0 Å². The van der Waals surface area contributed by atoms with Gasteiger partial charge in [-0.15, -0.1) is 0 Å². The van der Waals surface area contributed by atoms with E-state index < -0.39 is 10.8 Å². The predicted octanol–water partition coefficient (Wildman–Crippen LogP) is 3.06. The largest absolute Gasteiger partial charge is 0.378 e. The van der Waals surface area contributed by atoms with Gasteiger partial charge < -0.3 is 15.0 Å². The van der Waals surface area contributed by atoms with E-state index in [0.717, 1.165) is 11.4 Å². The highest BCUT2D eigenvalue weighted by molar-refractivity contribution is 6.05. The summed E-state index contributed by atoms with van der Waals surface area (Å²) in [6, 6.07) is 6.18. The van der Waals surface area contributed by atoms with E-state index >= 15 is 0 Å². The standard InChI is InChI=1S/C23H27N3O5/c1-14-19(22(28)25-8-10-31-11-9-25)20(15-4-6-16(7-5-15)26(29)30)21-17(24-14)12-23(2,3)13-18(21)27/h4-7,20,24H,8-13H2,1-3H3/t20-/m0/s1. The van der Waals surface area contributed by atoms with Gasteiger partial charge in [0.2, 0.25) is 0 Å². The topological polar surface area (TPSA) is 102 Å². The molecule has 8 nitrogen and oxygen atoms in total. The summed E-state index contributed by atoms with van der Waals surface area (Å²) in [5.41, 5.74) is 3.23. The molecule has 1 aromatic rings. The number of rotatable bonds is 3. The Morgan fingerprint density at radius 3 is 2.45 bits per heavy atom. The third kappa shape index (κ3) is 3.99. The van der Waals surface area contributed by atoms with Crippen molar-refractivity contribution in [1.29, 1.82) is 0 Å². The first-order valence-corrected chi connectivity index (χ1v) is 10.5. The summed E-state index contributed by atoms with van der Waals surface area (Å²) in [6.07, 6.45) is 1.10. The van der Waals surface area contributed by atoms with Crippen LogP contribution in [0.4, 0.5) is 5.69 Å². The van der Waals surface area contributed by atoms with Crippen molar-refractivity contribution in [2.45, 2.75) is 39.5 Å². The van der Waals surface area contributed by atoms with Gasteiger partial charge in [-0.1, -0.05) is 26.0 Å². The van der Waals surface area contributed by atoms with E-state index in [2.05, 4.69) is 19.2 Å². The van der Waals surface area contributed by atoms with E-state index in [9.17, 15) is 19.7 Å². The molecule has 4 rings (SSSR count). The van der Waals surface area contributed by atoms with Crippen molar-refractivity contribution < 1.29 is 19.2 Å². The lowest BCUT2D eigenvalue weighted by molar-refractivity contribution is -0.384. The lowest BCUT2D eigenvalue weighted by Gasteiger charge is -2.41. The number of hydrogen-bond acceptors (Lipinski definition) is 6. The molecule has 0 aromatic heterocycles. The van der Waals surface area contributed by atoms with E-state index in [1.807, 2.05) is 6.92 Å². The molecule has 0 spiro atoms. The molecule has 1 N–H and O–H groups in total. The number of hydrogen-bond donors (Lipinski definition) is 1. The molecule has 3 aliphatic rings. The molecule has 8 heteroatoms. The van der Waals surface area contributed by atoms with Gasteiger partial charge in [-0.25, -0.2) is 0 Å². The van der Waals surface area contributed by atoms with Gasteiger partial charge in [-0.05, 0) is 24.3 Å². The summed E-state index contributed by atoms with van der Waals surface area (Å²) in [4.78, 5) is 39.3. The number of amides is 1. The van der Waals surface area contributed by atoms with Crippen molar-refractivity contribution in [2.75, 3.05) is 26.3 Å². The molecule has 1 atom stereocenters. The van der Waals surface area contributed by atoms with Gasteiger partial charge in [0.15, 0.2) is 5.78 Å². The monoisotopic (exact) mass is 425 g/mol. The Morgan fingerprint density at radius 2 is 1.84 bits per heavy atom. The lowest BCUT2D eigenvalue weighted by Crippen LogP contribution is -2.45. The number of non-ortho nitro benzene ring substituents is 1. The van der Waals surface area contributed by atoms with Crippen LogP contribution in [-0.4, -0.2) is 47.8 Å². The summed E-state index contributed by atoms with van der Waals surface area (Å²) < 4.78 is 5.38. The van der Waals surface area contributed by atoms with Crippen LogP contribution < -0.4 is 5.32 Å². The molecule has 0 bridgehead atoms. The molecule has 2 aliphatic heterocycles. The molecular formula is C23H27N3O5. The molecule has 1 fully saturated rings. The van der Waals surface area contributed by atoms with Crippen LogP contribution in [0, 0.1) is 15.5 Å². The van der Waals surface area contributed by atoms with E-state index in [1.165, 1.54) is 12.1 Å². The Balaban J connectivity index is 1.82. The number of nitrogens with one attached hydrogen (secondary N) is 1. The summed E-state index contributed by atoms with van der Waals surface area (Å²) in [5, 5.41) is 14.5. The summed E-state index contributed by atoms with van der Waals surface area (Å²) >= 11 is 0. The van der Waals surface area contributed by atoms with Gasteiger partial charge in [0.05, 0.1) is 18.1 Å². The van der Waals surface area contributed by atoms with Crippen molar-refractivity contribution in [3.63, 3.8) is 0 Å². The molecule has 0 saturated carbocycles. The van der Waals surface area contributed by atoms with Crippen LogP contribution in [-0.2, 0) is 14.3 Å². The minimum Gasteiger partial charge on any atom is -0.378 e. The maximum atomic E-state index is 13.6. The Kier molecular flexibility index (Phi) is 5.43. The van der Waals surface area contributed by atoms with Gasteiger partial charge >= 0.3 is 0 Å². The lowest BCUT2D eigenvalue weighted by atomic mass is 9.68. The van der Waals surface area contributed by atoms with Crippen LogP contribution in [0.3, 0.4) is 0 Å². The zero-order chi connectivity index (χ0) is 22.3. The number of carbonyl (C=O) groups excluding carboxylic acids is 2. The maximum Gasteiger partial charge on any atom is 0.269 e. The third-order valence-corrected chi connectivity index (χ3v) is 6.21. The van der Waals surface area contributed by atoms with E-state index in [4.69, 9.17) is 4.74 Å². The normalized spacial score (nSPS) is 23.4. The first kappa shape index (κ1) is 21.2. The average molecular weight is 425 g/mol. The van der Waals surface area contributed by atoms with Crippen LogP contribution in [0.1, 0.15) is 45.1 Å². The number of nitro benzene ring substituents is 1.